The van der Waals surface area contributed by atoms with Gasteiger partial charge in [-0.05, 0) is 0 Å². The van der Waals surface area contributed by atoms with E-state index in [1.165, 1.54) is 0 Å². The molecule has 0 fully saturated rings. The molecule has 0 N–H and O–H groups in total. The zero-order valence-electron chi connectivity index (χ0n) is 7.35. The molecular weight excluding hydrogens is 318 g/mol. The zero-order valence-corrected chi connectivity index (χ0v) is 9.62. The summed E-state index contributed by atoms with van der Waals surface area (Å²) in [6.07, 6.45) is -10.3. The van der Waals surface area contributed by atoms with Crippen LogP contribution < -0.4 is 0 Å². The molecular formula is C7Cl3F6N. The highest BCUT2D eigenvalue weighted by atomic mass is 35.5. The molecule has 0 spiro atoms. The van der Waals surface area contributed by atoms with Crippen molar-refractivity contribution in [2.75, 3.05) is 0 Å². The van der Waals surface area contributed by atoms with E-state index in [4.69, 9.17) is 34.8 Å². The Balaban J connectivity index is 3.67. The van der Waals surface area contributed by atoms with E-state index in [0.29, 0.717) is 0 Å². The summed E-state index contributed by atoms with van der Waals surface area (Å²) in [5.41, 5.74) is -3.78. The van der Waals surface area contributed by atoms with Gasteiger partial charge in [0.05, 0.1) is 15.6 Å². The van der Waals surface area contributed by atoms with Crippen molar-refractivity contribution in [2.45, 2.75) is 12.4 Å². The van der Waals surface area contributed by atoms with E-state index in [2.05, 4.69) is 4.98 Å². The van der Waals surface area contributed by atoms with Crippen molar-refractivity contribution in [2.24, 2.45) is 0 Å². The molecule has 10 heteroatoms. The van der Waals surface area contributed by atoms with Crippen LogP contribution in [0.3, 0.4) is 0 Å². The fourth-order valence-electron chi connectivity index (χ4n) is 0.951. The summed E-state index contributed by atoms with van der Waals surface area (Å²) in [6.45, 7) is 0. The maximum Gasteiger partial charge on any atom is 0.434 e. The largest absolute Gasteiger partial charge is 0.434 e. The van der Waals surface area contributed by atoms with Gasteiger partial charge in [-0.15, -0.1) is 0 Å². The second kappa shape index (κ2) is 4.37. The first-order valence-corrected chi connectivity index (χ1v) is 4.78. The van der Waals surface area contributed by atoms with Crippen LogP contribution in [-0.2, 0) is 12.4 Å². The number of pyridine rings is 1. The smallest absolute Gasteiger partial charge is 0.228 e. The van der Waals surface area contributed by atoms with Crippen LogP contribution in [0.2, 0.25) is 15.2 Å². The molecule has 1 aromatic heterocycles. The molecule has 96 valence electrons. The SMILES string of the molecule is FC(F)(F)c1nc(Cl)c(Cl)c(C(F)(F)F)c1Cl. The maximum atomic E-state index is 12.4. The number of hydrogen-bond acceptors (Lipinski definition) is 1. The van der Waals surface area contributed by atoms with Gasteiger partial charge in [-0.1, -0.05) is 34.8 Å². The molecule has 1 heterocycles. The van der Waals surface area contributed by atoms with Gasteiger partial charge in [-0.25, -0.2) is 4.98 Å². The lowest BCUT2D eigenvalue weighted by Gasteiger charge is -2.15. The third kappa shape index (κ3) is 2.89. The van der Waals surface area contributed by atoms with Gasteiger partial charge in [-0.3, -0.25) is 0 Å². The van der Waals surface area contributed by atoms with E-state index in [9.17, 15) is 26.3 Å². The fraction of sp³-hybridized carbons (Fsp3) is 0.286. The average Bonchev–Trinajstić information content (AvgIpc) is 2.07. The Kier molecular flexibility index (Phi) is 3.76. The predicted octanol–water partition coefficient (Wildman–Crippen LogP) is 5.08. The van der Waals surface area contributed by atoms with E-state index in [-0.39, 0.29) is 0 Å². The topological polar surface area (TPSA) is 12.9 Å². The molecule has 0 aliphatic rings. The van der Waals surface area contributed by atoms with Gasteiger partial charge in [-0.2, -0.15) is 26.3 Å². The molecule has 0 saturated carbocycles. The second-order valence-electron chi connectivity index (χ2n) is 2.75. The van der Waals surface area contributed by atoms with Gasteiger partial charge in [0, 0.05) is 0 Å². The van der Waals surface area contributed by atoms with Crippen molar-refractivity contribution < 1.29 is 26.3 Å². The Hall–Kier alpha value is -0.400. The summed E-state index contributed by atoms with van der Waals surface area (Å²) in [4.78, 5) is 2.69. The van der Waals surface area contributed by atoms with E-state index in [0.717, 1.165) is 0 Å². The van der Waals surface area contributed by atoms with Crippen molar-refractivity contribution in [3.63, 3.8) is 0 Å². The Bertz CT molecular complexity index is 452. The lowest BCUT2D eigenvalue weighted by molar-refractivity contribution is -0.145. The third-order valence-corrected chi connectivity index (χ3v) is 2.70. The number of aromatic nitrogens is 1. The van der Waals surface area contributed by atoms with Crippen LogP contribution in [0.1, 0.15) is 11.3 Å². The summed E-state index contributed by atoms with van der Waals surface area (Å²) in [5.74, 6) is 0. The average molecular weight is 318 g/mol. The van der Waals surface area contributed by atoms with E-state index < -0.39 is 38.8 Å². The first kappa shape index (κ1) is 14.7. The van der Waals surface area contributed by atoms with Gasteiger partial charge < -0.3 is 0 Å². The first-order valence-electron chi connectivity index (χ1n) is 3.65. The minimum Gasteiger partial charge on any atom is -0.228 e. The van der Waals surface area contributed by atoms with Gasteiger partial charge in [0.25, 0.3) is 0 Å². The van der Waals surface area contributed by atoms with Gasteiger partial charge in [0.15, 0.2) is 5.69 Å². The van der Waals surface area contributed by atoms with Crippen molar-refractivity contribution in [3.8, 4) is 0 Å². The number of nitrogens with zero attached hydrogens (tertiary/aromatic N) is 1. The van der Waals surface area contributed by atoms with Gasteiger partial charge in [0.2, 0.25) is 0 Å². The highest BCUT2D eigenvalue weighted by Gasteiger charge is 2.44. The molecule has 0 saturated heterocycles. The molecule has 0 atom stereocenters. The minimum absolute atomic E-state index is 1.12. The van der Waals surface area contributed by atoms with E-state index >= 15 is 0 Å². The van der Waals surface area contributed by atoms with Crippen LogP contribution in [-0.4, -0.2) is 4.98 Å². The zero-order chi connectivity index (χ0) is 13.6. The summed E-state index contributed by atoms with van der Waals surface area (Å²) >= 11 is 15.3. The van der Waals surface area contributed by atoms with Crippen LogP contribution in [0.5, 0.6) is 0 Å². The number of rotatable bonds is 0. The highest BCUT2D eigenvalue weighted by Crippen LogP contribution is 2.46. The number of hydrogen-bond donors (Lipinski definition) is 0. The third-order valence-electron chi connectivity index (χ3n) is 1.59. The minimum atomic E-state index is -5.17. The number of alkyl halides is 6. The van der Waals surface area contributed by atoms with Crippen LogP contribution in [0.15, 0.2) is 0 Å². The first-order chi connectivity index (χ1) is 7.46. The molecule has 17 heavy (non-hydrogen) atoms. The Morgan fingerprint density at radius 3 is 1.59 bits per heavy atom. The van der Waals surface area contributed by atoms with Crippen LogP contribution >= 0.6 is 34.8 Å². The molecule has 0 bridgehead atoms. The Morgan fingerprint density at radius 1 is 0.765 bits per heavy atom. The molecule has 0 radical (unpaired) electrons. The molecule has 1 nitrogen and oxygen atoms in total. The standard InChI is InChI=1S/C7Cl3F6N/c8-2-1(6(11,12)13)3(9)5(10)17-4(2)7(14,15)16. The molecule has 0 aliphatic carbocycles. The quantitative estimate of drug-likeness (QED) is 0.480. The lowest BCUT2D eigenvalue weighted by atomic mass is 10.2. The Labute approximate surface area is 105 Å². The van der Waals surface area contributed by atoms with Crippen LogP contribution in [0, 0.1) is 0 Å². The normalized spacial score (nSPS) is 13.0. The van der Waals surface area contributed by atoms with Gasteiger partial charge >= 0.3 is 12.4 Å². The molecule has 0 aliphatic heterocycles. The summed E-state index contributed by atoms with van der Waals surface area (Å²) in [6, 6.07) is 0. The van der Waals surface area contributed by atoms with E-state index in [1.807, 2.05) is 0 Å². The summed E-state index contributed by atoms with van der Waals surface area (Å²) < 4.78 is 74.2. The predicted molar refractivity (Wildman–Crippen MR) is 49.3 cm³/mol. The lowest BCUT2D eigenvalue weighted by Crippen LogP contribution is -2.15. The molecule has 0 aromatic carbocycles. The Morgan fingerprint density at radius 2 is 1.24 bits per heavy atom. The van der Waals surface area contributed by atoms with Gasteiger partial charge in [0.1, 0.15) is 5.15 Å². The summed E-state index contributed by atoms with van der Waals surface area (Å²) in [5, 5.41) is -3.91. The van der Waals surface area contributed by atoms with Crippen LogP contribution in [0.25, 0.3) is 0 Å². The van der Waals surface area contributed by atoms with E-state index in [1.54, 1.807) is 0 Å². The summed E-state index contributed by atoms with van der Waals surface area (Å²) in [7, 11) is 0. The molecule has 1 aromatic rings. The fourth-order valence-corrected chi connectivity index (χ4v) is 1.77. The monoisotopic (exact) mass is 317 g/mol. The number of halogens is 9. The van der Waals surface area contributed by atoms with Crippen molar-refractivity contribution >= 4 is 34.8 Å². The highest BCUT2D eigenvalue weighted by molar-refractivity contribution is 6.43. The molecule has 1 rings (SSSR count). The molecule has 0 unspecified atom stereocenters. The molecule has 0 amide bonds. The maximum absolute atomic E-state index is 12.4. The van der Waals surface area contributed by atoms with Crippen molar-refractivity contribution in [3.05, 3.63) is 26.5 Å². The second-order valence-corrected chi connectivity index (χ2v) is 3.86. The van der Waals surface area contributed by atoms with Crippen LogP contribution in [0.4, 0.5) is 26.3 Å². The van der Waals surface area contributed by atoms with Crippen molar-refractivity contribution in [1.29, 1.82) is 0 Å². The van der Waals surface area contributed by atoms with Crippen molar-refractivity contribution in [1.82, 2.24) is 4.98 Å².